The van der Waals surface area contributed by atoms with Gasteiger partial charge in [0.05, 0.1) is 11.5 Å². The first kappa shape index (κ1) is 14.8. The molecule has 5 N–H and O–H groups in total. The summed E-state index contributed by atoms with van der Waals surface area (Å²) < 4.78 is 45.6. The Morgan fingerprint density at radius 1 is 1.00 bits per heavy atom. The zero-order valence-electron chi connectivity index (χ0n) is 8.35. The lowest BCUT2D eigenvalue weighted by Crippen LogP contribution is -2.30. The van der Waals surface area contributed by atoms with Crippen LogP contribution in [-0.2, 0) is 20.0 Å². The summed E-state index contributed by atoms with van der Waals surface area (Å²) in [7, 11) is -6.84. The first-order valence-electron chi connectivity index (χ1n) is 4.45. The number of nitrogens with two attached hydrogens (primary N) is 2. The summed E-state index contributed by atoms with van der Waals surface area (Å²) >= 11 is 0. The Bertz CT molecular complexity index is 362. The van der Waals surface area contributed by atoms with Gasteiger partial charge in [0.15, 0.2) is 0 Å². The Balaban J connectivity index is 3.76. The van der Waals surface area contributed by atoms with Crippen LogP contribution < -0.4 is 15.6 Å². The smallest absolute Gasteiger partial charge is 0.211 e. The fourth-order valence-corrected chi connectivity index (χ4v) is 2.54. The summed E-state index contributed by atoms with van der Waals surface area (Å²) in [5.41, 5.74) is 5.16. The van der Waals surface area contributed by atoms with Gasteiger partial charge < -0.3 is 5.73 Å². The number of primary sulfonamides is 1. The second-order valence-electron chi connectivity index (χ2n) is 3.08. The standard InChI is InChI=1S/C6H17N3O4S2/c7-3-1-6-15(12,13)9-4-2-5-14(8,10)11/h9H,1-7H2,(H2,8,10,11). The quantitative estimate of drug-likeness (QED) is 0.431. The molecule has 0 amide bonds. The van der Waals surface area contributed by atoms with Gasteiger partial charge >= 0.3 is 0 Å². The molecule has 0 aliphatic carbocycles. The van der Waals surface area contributed by atoms with Crippen LogP contribution in [0, 0.1) is 0 Å². The van der Waals surface area contributed by atoms with Gasteiger partial charge in [-0.15, -0.1) is 0 Å². The summed E-state index contributed by atoms with van der Waals surface area (Å²) in [6, 6.07) is 0. The van der Waals surface area contributed by atoms with Gasteiger partial charge in [-0.05, 0) is 19.4 Å². The second kappa shape index (κ2) is 6.38. The maximum absolute atomic E-state index is 11.2. The van der Waals surface area contributed by atoms with E-state index in [4.69, 9.17) is 10.9 Å². The molecule has 0 rings (SSSR count). The molecule has 15 heavy (non-hydrogen) atoms. The molecule has 0 spiro atoms. The molecule has 9 heteroatoms. The van der Waals surface area contributed by atoms with Gasteiger partial charge in [-0.1, -0.05) is 0 Å². The van der Waals surface area contributed by atoms with Crippen molar-refractivity contribution >= 4 is 20.0 Å². The van der Waals surface area contributed by atoms with Crippen molar-refractivity contribution in [2.45, 2.75) is 12.8 Å². The number of hydrogen-bond donors (Lipinski definition) is 3. The van der Waals surface area contributed by atoms with Crippen molar-refractivity contribution in [3.63, 3.8) is 0 Å². The zero-order valence-corrected chi connectivity index (χ0v) is 9.98. The maximum Gasteiger partial charge on any atom is 0.211 e. The third-order valence-electron chi connectivity index (χ3n) is 1.54. The van der Waals surface area contributed by atoms with E-state index in [1.807, 2.05) is 0 Å². The van der Waals surface area contributed by atoms with E-state index in [2.05, 4.69) is 4.72 Å². The van der Waals surface area contributed by atoms with Crippen molar-refractivity contribution in [2.24, 2.45) is 10.9 Å². The molecule has 0 unspecified atom stereocenters. The third kappa shape index (κ3) is 10.1. The molecule has 0 radical (unpaired) electrons. The highest BCUT2D eigenvalue weighted by molar-refractivity contribution is 7.89. The second-order valence-corrected chi connectivity index (χ2v) is 6.74. The molecule has 0 heterocycles. The molecule has 0 atom stereocenters. The van der Waals surface area contributed by atoms with Gasteiger partial charge in [0.1, 0.15) is 0 Å². The molecule has 92 valence electrons. The number of hydrogen-bond acceptors (Lipinski definition) is 5. The molecule has 0 saturated carbocycles. The summed E-state index contributed by atoms with van der Waals surface area (Å²) in [4.78, 5) is 0. The highest BCUT2D eigenvalue weighted by Gasteiger charge is 2.09. The summed E-state index contributed by atoms with van der Waals surface area (Å²) in [5, 5.41) is 4.74. The van der Waals surface area contributed by atoms with Gasteiger partial charge in [0.25, 0.3) is 0 Å². The minimum absolute atomic E-state index is 0.0428. The van der Waals surface area contributed by atoms with Gasteiger partial charge in [0, 0.05) is 6.54 Å². The monoisotopic (exact) mass is 259 g/mol. The molecule has 0 bridgehead atoms. The van der Waals surface area contributed by atoms with E-state index in [-0.39, 0.29) is 24.5 Å². The topological polar surface area (TPSA) is 132 Å². The molecular weight excluding hydrogens is 242 g/mol. The summed E-state index contributed by atoms with van der Waals surface area (Å²) in [6.45, 7) is 0.376. The molecular formula is C6H17N3O4S2. The van der Waals surface area contributed by atoms with Crippen LogP contribution >= 0.6 is 0 Å². The van der Waals surface area contributed by atoms with Gasteiger partial charge in [-0.2, -0.15) is 0 Å². The van der Waals surface area contributed by atoms with Gasteiger partial charge in [-0.25, -0.2) is 26.7 Å². The van der Waals surface area contributed by atoms with E-state index in [1.165, 1.54) is 0 Å². The normalized spacial score (nSPS) is 12.9. The van der Waals surface area contributed by atoms with E-state index in [9.17, 15) is 16.8 Å². The predicted octanol–water partition coefficient (Wildman–Crippen LogP) is -2.07. The molecule has 0 saturated heterocycles. The molecule has 0 aromatic heterocycles. The number of rotatable bonds is 8. The molecule has 7 nitrogen and oxygen atoms in total. The Hall–Kier alpha value is -0.220. The van der Waals surface area contributed by atoms with Crippen molar-refractivity contribution in [1.82, 2.24) is 4.72 Å². The van der Waals surface area contributed by atoms with Crippen LogP contribution in [-0.4, -0.2) is 41.4 Å². The Labute approximate surface area is 90.3 Å². The lowest BCUT2D eigenvalue weighted by atomic mass is 10.5. The predicted molar refractivity (Wildman–Crippen MR) is 58.1 cm³/mol. The minimum Gasteiger partial charge on any atom is -0.330 e. The van der Waals surface area contributed by atoms with E-state index in [1.54, 1.807) is 0 Å². The SMILES string of the molecule is NCCCS(=O)(=O)NCCCS(N)(=O)=O. The lowest BCUT2D eigenvalue weighted by Gasteiger charge is -2.04. The molecule has 0 fully saturated rings. The van der Waals surface area contributed by atoms with Crippen molar-refractivity contribution in [1.29, 1.82) is 0 Å². The number of nitrogens with one attached hydrogen (secondary N) is 1. The highest BCUT2D eigenvalue weighted by atomic mass is 32.2. The van der Waals surface area contributed by atoms with Crippen LogP contribution in [0.4, 0.5) is 0 Å². The molecule has 0 aliphatic rings. The third-order valence-corrected chi connectivity index (χ3v) is 3.87. The van der Waals surface area contributed by atoms with E-state index in [0.29, 0.717) is 13.0 Å². The highest BCUT2D eigenvalue weighted by Crippen LogP contribution is 1.90. The fraction of sp³-hybridized carbons (Fsp3) is 1.00. The Kier molecular flexibility index (Phi) is 6.29. The summed E-state index contributed by atoms with van der Waals surface area (Å²) in [6.07, 6.45) is 0.547. The van der Waals surface area contributed by atoms with Crippen LogP contribution in [0.2, 0.25) is 0 Å². The largest absolute Gasteiger partial charge is 0.330 e. The number of sulfonamides is 2. The zero-order chi connectivity index (χ0) is 11.9. The average Bonchev–Trinajstić information content (AvgIpc) is 2.08. The molecule has 0 aromatic carbocycles. The lowest BCUT2D eigenvalue weighted by molar-refractivity contribution is 0.574. The average molecular weight is 259 g/mol. The molecule has 0 aliphatic heterocycles. The first-order chi connectivity index (χ1) is 6.77. The first-order valence-corrected chi connectivity index (χ1v) is 7.81. The fourth-order valence-electron chi connectivity index (χ4n) is 0.847. The van der Waals surface area contributed by atoms with Crippen LogP contribution in [0.5, 0.6) is 0 Å². The minimum atomic E-state index is -3.51. The summed E-state index contributed by atoms with van der Waals surface area (Å²) in [5.74, 6) is -0.273. The van der Waals surface area contributed by atoms with Gasteiger partial charge in [0.2, 0.25) is 20.0 Å². The Morgan fingerprint density at radius 2 is 1.60 bits per heavy atom. The van der Waals surface area contributed by atoms with E-state index in [0.717, 1.165) is 0 Å². The van der Waals surface area contributed by atoms with E-state index >= 15 is 0 Å². The van der Waals surface area contributed by atoms with E-state index < -0.39 is 20.0 Å². The maximum atomic E-state index is 11.2. The van der Waals surface area contributed by atoms with Crippen LogP contribution in [0.1, 0.15) is 12.8 Å². The van der Waals surface area contributed by atoms with Crippen molar-refractivity contribution < 1.29 is 16.8 Å². The Morgan fingerprint density at radius 3 is 2.07 bits per heavy atom. The van der Waals surface area contributed by atoms with Crippen molar-refractivity contribution in [3.8, 4) is 0 Å². The molecule has 0 aromatic rings. The van der Waals surface area contributed by atoms with Crippen LogP contribution in [0.25, 0.3) is 0 Å². The van der Waals surface area contributed by atoms with Crippen molar-refractivity contribution in [2.75, 3.05) is 24.6 Å². The van der Waals surface area contributed by atoms with Crippen molar-refractivity contribution in [3.05, 3.63) is 0 Å². The van der Waals surface area contributed by atoms with Gasteiger partial charge in [-0.3, -0.25) is 0 Å². The van der Waals surface area contributed by atoms with Crippen LogP contribution in [0.15, 0.2) is 0 Å². The van der Waals surface area contributed by atoms with Crippen LogP contribution in [0.3, 0.4) is 0 Å².